The number of aryl methyl sites for hydroxylation is 1. The van der Waals surface area contributed by atoms with Crippen LogP contribution in [0.1, 0.15) is 35.8 Å². The maximum Gasteiger partial charge on any atom is 0.231 e. The first-order chi connectivity index (χ1) is 15.0. The van der Waals surface area contributed by atoms with Crippen LogP contribution < -0.4 is 5.32 Å². The van der Waals surface area contributed by atoms with Gasteiger partial charge in [-0.05, 0) is 61.2 Å². The molecule has 0 unspecified atom stereocenters. The molecule has 1 aliphatic rings. The third-order valence-electron chi connectivity index (χ3n) is 5.18. The van der Waals surface area contributed by atoms with Crippen molar-refractivity contribution in [3.63, 3.8) is 0 Å². The van der Waals surface area contributed by atoms with Gasteiger partial charge in [0.15, 0.2) is 0 Å². The second-order valence-electron chi connectivity index (χ2n) is 7.50. The van der Waals surface area contributed by atoms with Crippen LogP contribution in [0.5, 0.6) is 0 Å². The number of nitrogens with one attached hydrogen (secondary N) is 1. The molecule has 0 aromatic carbocycles. The number of anilines is 2. The third kappa shape index (κ3) is 5.45. The molecule has 0 aliphatic carbocycles. The van der Waals surface area contributed by atoms with Gasteiger partial charge in [0, 0.05) is 31.4 Å². The van der Waals surface area contributed by atoms with E-state index in [1.165, 1.54) is 0 Å². The highest BCUT2D eigenvalue weighted by Gasteiger charge is 2.26. The van der Waals surface area contributed by atoms with E-state index < -0.39 is 5.24 Å². The molecule has 0 spiro atoms. The molecule has 31 heavy (non-hydrogen) atoms. The topological polar surface area (TPSA) is 88.1 Å². The summed E-state index contributed by atoms with van der Waals surface area (Å²) < 4.78 is 0. The van der Waals surface area contributed by atoms with Crippen LogP contribution in [0.2, 0.25) is 0 Å². The van der Waals surface area contributed by atoms with Gasteiger partial charge in [-0.3, -0.25) is 9.59 Å². The molecule has 1 N–H and O–H groups in total. The quantitative estimate of drug-likeness (QED) is 0.434. The van der Waals surface area contributed by atoms with Crippen molar-refractivity contribution in [2.24, 2.45) is 0 Å². The number of pyridine rings is 2. The maximum absolute atomic E-state index is 12.0. The molecule has 160 valence electrons. The number of nitrogens with zero attached hydrogens (tertiary/aromatic N) is 4. The van der Waals surface area contributed by atoms with Crippen molar-refractivity contribution >= 4 is 45.7 Å². The van der Waals surface area contributed by atoms with Gasteiger partial charge in [0.2, 0.25) is 11.1 Å². The van der Waals surface area contributed by atoms with Gasteiger partial charge < -0.3 is 10.2 Å². The van der Waals surface area contributed by atoms with Gasteiger partial charge in [-0.15, -0.1) is 11.3 Å². The smallest absolute Gasteiger partial charge is 0.231 e. The summed E-state index contributed by atoms with van der Waals surface area (Å²) in [6, 6.07) is 9.76. The molecule has 4 rings (SSSR count). The van der Waals surface area contributed by atoms with E-state index in [0.29, 0.717) is 19.0 Å². The molecular weight excluding hydrogens is 434 g/mol. The van der Waals surface area contributed by atoms with Crippen LogP contribution in [0.15, 0.2) is 42.7 Å². The first-order valence-electron chi connectivity index (χ1n) is 10.1. The summed E-state index contributed by atoms with van der Waals surface area (Å²) in [5.41, 5.74) is 1.98. The third-order valence-corrected chi connectivity index (χ3v) is 6.50. The van der Waals surface area contributed by atoms with Gasteiger partial charge in [0.25, 0.3) is 0 Å². The Morgan fingerprint density at radius 3 is 2.74 bits per heavy atom. The number of amides is 1. The van der Waals surface area contributed by atoms with Crippen molar-refractivity contribution < 1.29 is 9.59 Å². The molecule has 7 nitrogen and oxygen atoms in total. The number of aromatic nitrogens is 3. The zero-order valence-electron chi connectivity index (χ0n) is 17.0. The summed E-state index contributed by atoms with van der Waals surface area (Å²) in [5.74, 6) is 1.58. The van der Waals surface area contributed by atoms with Gasteiger partial charge in [-0.2, -0.15) is 0 Å². The Bertz CT molecular complexity index is 1090. The highest BCUT2D eigenvalue weighted by Crippen LogP contribution is 2.35. The van der Waals surface area contributed by atoms with E-state index in [4.69, 9.17) is 16.6 Å². The van der Waals surface area contributed by atoms with Gasteiger partial charge in [0.05, 0.1) is 15.6 Å². The Labute approximate surface area is 189 Å². The number of hydrogen-bond acceptors (Lipinski definition) is 7. The van der Waals surface area contributed by atoms with E-state index in [1.54, 1.807) is 22.4 Å². The zero-order chi connectivity index (χ0) is 21.8. The SMILES string of the molecule is Cc1ccnc(Nc2cccc(-c3cnc(C4CCN(C(=O)CC(=O)Cl)CC4)s3)n2)c1. The molecule has 4 heterocycles. The summed E-state index contributed by atoms with van der Waals surface area (Å²) in [6.45, 7) is 3.25. The summed E-state index contributed by atoms with van der Waals surface area (Å²) >= 11 is 6.97. The minimum absolute atomic E-state index is 0.199. The number of piperidine rings is 1. The Kier molecular flexibility index (Phi) is 6.58. The van der Waals surface area contributed by atoms with Crippen molar-refractivity contribution in [1.29, 1.82) is 0 Å². The lowest BCUT2D eigenvalue weighted by Crippen LogP contribution is -2.38. The molecule has 0 saturated carbocycles. The summed E-state index contributed by atoms with van der Waals surface area (Å²) in [4.78, 5) is 39.3. The number of thiazole rings is 1. The summed E-state index contributed by atoms with van der Waals surface area (Å²) in [5, 5.41) is 3.69. The van der Waals surface area contributed by atoms with E-state index in [0.717, 1.165) is 45.6 Å². The molecule has 1 fully saturated rings. The summed E-state index contributed by atoms with van der Waals surface area (Å²) in [6.07, 6.45) is 5.04. The molecular formula is C22H22ClN5O2S. The van der Waals surface area contributed by atoms with Gasteiger partial charge in [-0.1, -0.05) is 6.07 Å². The second-order valence-corrected chi connectivity index (χ2v) is 8.98. The molecule has 0 atom stereocenters. The predicted molar refractivity (Wildman–Crippen MR) is 122 cm³/mol. The number of halogens is 1. The van der Waals surface area contributed by atoms with Gasteiger partial charge >= 0.3 is 0 Å². The predicted octanol–water partition coefficient (Wildman–Crippen LogP) is 4.51. The molecule has 3 aromatic rings. The number of hydrogen-bond donors (Lipinski definition) is 1. The first-order valence-corrected chi connectivity index (χ1v) is 11.3. The van der Waals surface area contributed by atoms with Crippen molar-refractivity contribution in [3.8, 4) is 10.6 Å². The van der Waals surface area contributed by atoms with Crippen LogP contribution in [-0.2, 0) is 9.59 Å². The average Bonchev–Trinajstić information content (AvgIpc) is 3.24. The monoisotopic (exact) mass is 455 g/mol. The molecule has 1 amide bonds. The van der Waals surface area contributed by atoms with E-state index in [-0.39, 0.29) is 12.3 Å². The van der Waals surface area contributed by atoms with E-state index in [9.17, 15) is 9.59 Å². The van der Waals surface area contributed by atoms with Crippen molar-refractivity contribution in [3.05, 3.63) is 53.3 Å². The lowest BCUT2D eigenvalue weighted by molar-refractivity contribution is -0.134. The number of likely N-dealkylation sites (tertiary alicyclic amines) is 1. The van der Waals surface area contributed by atoms with Crippen molar-refractivity contribution in [2.45, 2.75) is 32.1 Å². The largest absolute Gasteiger partial charge is 0.342 e. The van der Waals surface area contributed by atoms with Crippen LogP contribution in [0.25, 0.3) is 10.6 Å². The number of carbonyl (C=O) groups is 2. The van der Waals surface area contributed by atoms with E-state index in [1.807, 2.05) is 43.5 Å². The van der Waals surface area contributed by atoms with Crippen LogP contribution >= 0.6 is 22.9 Å². The van der Waals surface area contributed by atoms with Crippen LogP contribution in [0.4, 0.5) is 11.6 Å². The van der Waals surface area contributed by atoms with Crippen molar-refractivity contribution in [1.82, 2.24) is 19.9 Å². The van der Waals surface area contributed by atoms with Gasteiger partial charge in [0.1, 0.15) is 18.1 Å². The van der Waals surface area contributed by atoms with Crippen LogP contribution in [0.3, 0.4) is 0 Å². The Hall–Kier alpha value is -2.84. The number of carbonyl (C=O) groups excluding carboxylic acids is 2. The van der Waals surface area contributed by atoms with Gasteiger partial charge in [-0.25, -0.2) is 15.0 Å². The minimum Gasteiger partial charge on any atom is -0.342 e. The fraction of sp³-hybridized carbons (Fsp3) is 0.318. The highest BCUT2D eigenvalue weighted by molar-refractivity contribution is 7.15. The Morgan fingerprint density at radius 1 is 1.19 bits per heavy atom. The zero-order valence-corrected chi connectivity index (χ0v) is 18.6. The summed E-state index contributed by atoms with van der Waals surface area (Å²) in [7, 11) is 0. The fourth-order valence-corrected chi connectivity index (χ4v) is 4.75. The minimum atomic E-state index is -0.612. The van der Waals surface area contributed by atoms with E-state index >= 15 is 0 Å². The van der Waals surface area contributed by atoms with Crippen LogP contribution in [0, 0.1) is 6.92 Å². The Balaban J connectivity index is 1.41. The first kappa shape index (κ1) is 21.4. The lowest BCUT2D eigenvalue weighted by atomic mass is 9.97. The molecule has 0 bridgehead atoms. The number of rotatable bonds is 6. The normalized spacial score (nSPS) is 14.5. The highest BCUT2D eigenvalue weighted by atomic mass is 35.5. The molecule has 0 radical (unpaired) electrons. The maximum atomic E-state index is 12.0. The van der Waals surface area contributed by atoms with Crippen LogP contribution in [-0.4, -0.2) is 44.1 Å². The molecule has 1 aliphatic heterocycles. The second kappa shape index (κ2) is 9.53. The molecule has 1 saturated heterocycles. The van der Waals surface area contributed by atoms with Crippen molar-refractivity contribution in [2.75, 3.05) is 18.4 Å². The molecule has 3 aromatic heterocycles. The Morgan fingerprint density at radius 2 is 2.00 bits per heavy atom. The van der Waals surface area contributed by atoms with E-state index in [2.05, 4.69) is 15.3 Å². The molecule has 9 heteroatoms. The fourth-order valence-electron chi connectivity index (χ4n) is 3.58. The average molecular weight is 456 g/mol. The lowest BCUT2D eigenvalue weighted by Gasteiger charge is -2.30. The standard InChI is InChI=1S/C22H22ClN5O2S/c1-14-5-8-24-20(11-14)27-19-4-2-3-16(26-19)17-13-25-22(31-17)15-6-9-28(10-7-15)21(30)12-18(23)29/h2-5,8,11,13,15H,6-7,9-10,12H2,1H3,(H,24,26,27).